The van der Waals surface area contributed by atoms with Crippen LogP contribution >= 0.6 is 0 Å². The second-order valence-electron chi connectivity index (χ2n) is 8.58. The highest BCUT2D eigenvalue weighted by molar-refractivity contribution is 5.84. The smallest absolute Gasteiger partial charge is 0.0158 e. The van der Waals surface area contributed by atoms with Crippen molar-refractivity contribution in [1.29, 1.82) is 0 Å². The summed E-state index contributed by atoms with van der Waals surface area (Å²) in [6.07, 6.45) is 1.25. The van der Waals surface area contributed by atoms with Crippen molar-refractivity contribution in [3.05, 3.63) is 108 Å². The molecule has 0 saturated carbocycles. The molecule has 0 heteroatoms. The molecule has 0 saturated heterocycles. The van der Waals surface area contributed by atoms with Gasteiger partial charge in [-0.1, -0.05) is 125 Å². The lowest BCUT2D eigenvalue weighted by molar-refractivity contribution is 0.660. The Morgan fingerprint density at radius 2 is 0.967 bits per heavy atom. The van der Waals surface area contributed by atoms with Gasteiger partial charge in [0.15, 0.2) is 0 Å². The highest BCUT2D eigenvalue weighted by Crippen LogP contribution is 2.49. The van der Waals surface area contributed by atoms with Crippen molar-refractivity contribution in [1.82, 2.24) is 0 Å². The van der Waals surface area contributed by atoms with Gasteiger partial charge in [0.2, 0.25) is 0 Å². The third-order valence-corrected chi connectivity index (χ3v) is 5.91. The molecule has 0 bridgehead atoms. The molecule has 150 valence electrons. The van der Waals surface area contributed by atoms with Crippen LogP contribution in [0.1, 0.15) is 45.2 Å². The van der Waals surface area contributed by atoms with Crippen molar-refractivity contribution >= 4 is 0 Å². The van der Waals surface area contributed by atoms with E-state index in [1.54, 1.807) is 0 Å². The van der Waals surface area contributed by atoms with Crippen LogP contribution in [0.15, 0.2) is 97.1 Å². The van der Waals surface area contributed by atoms with Crippen molar-refractivity contribution in [3.8, 4) is 33.4 Å². The first kappa shape index (κ1) is 20.2. The van der Waals surface area contributed by atoms with Crippen molar-refractivity contribution in [2.45, 2.75) is 39.5 Å². The van der Waals surface area contributed by atoms with E-state index in [2.05, 4.69) is 125 Å². The zero-order valence-electron chi connectivity index (χ0n) is 18.4. The molecule has 0 nitrogen and oxygen atoms in total. The van der Waals surface area contributed by atoms with Gasteiger partial charge in [-0.25, -0.2) is 0 Å². The summed E-state index contributed by atoms with van der Waals surface area (Å²) in [5, 5.41) is 0. The molecule has 0 atom stereocenters. The van der Waals surface area contributed by atoms with Gasteiger partial charge in [0.1, 0.15) is 0 Å². The van der Waals surface area contributed by atoms with Crippen LogP contribution in [-0.2, 0) is 5.41 Å². The predicted molar refractivity (Wildman–Crippen MR) is 131 cm³/mol. The number of hydrogen-bond acceptors (Lipinski definition) is 0. The summed E-state index contributed by atoms with van der Waals surface area (Å²) in [7, 11) is 0. The summed E-state index contributed by atoms with van der Waals surface area (Å²) < 4.78 is 0. The minimum Gasteiger partial charge on any atom is -0.0656 e. The molecule has 0 fully saturated rings. The molecule has 1 aliphatic rings. The average molecular weight is 391 g/mol. The second kappa shape index (κ2) is 8.32. The zero-order valence-corrected chi connectivity index (χ0v) is 18.4. The molecule has 5 rings (SSSR count). The quantitative estimate of drug-likeness (QED) is 0.321. The Hall–Kier alpha value is -3.12. The lowest BCUT2D eigenvalue weighted by Crippen LogP contribution is -2.14. The van der Waals surface area contributed by atoms with E-state index in [-0.39, 0.29) is 5.41 Å². The van der Waals surface area contributed by atoms with Gasteiger partial charge in [0.05, 0.1) is 0 Å². The summed E-state index contributed by atoms with van der Waals surface area (Å²) in [6, 6.07) is 35.2. The van der Waals surface area contributed by atoms with Gasteiger partial charge in [0.25, 0.3) is 0 Å². The van der Waals surface area contributed by atoms with Gasteiger partial charge in [-0.3, -0.25) is 0 Å². The number of fused-ring (bicyclic) bond motifs is 3. The van der Waals surface area contributed by atoms with Gasteiger partial charge < -0.3 is 0 Å². The first-order valence-corrected chi connectivity index (χ1v) is 11.0. The fraction of sp³-hybridized carbons (Fsp3) is 0.200. The maximum absolute atomic E-state index is 2.36. The average Bonchev–Trinajstić information content (AvgIpc) is 3.02. The molecule has 0 heterocycles. The Bertz CT molecular complexity index is 1130. The molecule has 0 N–H and O–H groups in total. The Kier molecular flexibility index (Phi) is 5.59. The molecule has 0 amide bonds. The lowest BCUT2D eigenvalue weighted by Gasteiger charge is -2.21. The molecular weight excluding hydrogens is 360 g/mol. The molecular formula is C30H30. The van der Waals surface area contributed by atoms with Gasteiger partial charge >= 0.3 is 0 Å². The maximum atomic E-state index is 2.36. The summed E-state index contributed by atoms with van der Waals surface area (Å²) in [6.45, 7) is 8.90. The second-order valence-corrected chi connectivity index (χ2v) is 8.58. The van der Waals surface area contributed by atoms with E-state index in [9.17, 15) is 0 Å². The third-order valence-electron chi connectivity index (χ3n) is 5.91. The fourth-order valence-electron chi connectivity index (χ4n) is 4.39. The monoisotopic (exact) mass is 390 g/mol. The van der Waals surface area contributed by atoms with Gasteiger partial charge in [0, 0.05) is 5.41 Å². The maximum Gasteiger partial charge on any atom is 0.0158 e. The van der Waals surface area contributed by atoms with E-state index >= 15 is 0 Å². The highest BCUT2D eigenvalue weighted by Gasteiger charge is 2.34. The van der Waals surface area contributed by atoms with Crippen molar-refractivity contribution in [2.24, 2.45) is 0 Å². The first-order valence-electron chi connectivity index (χ1n) is 11.0. The van der Waals surface area contributed by atoms with Gasteiger partial charge in [-0.15, -0.1) is 0 Å². The van der Waals surface area contributed by atoms with Crippen molar-refractivity contribution in [2.75, 3.05) is 0 Å². The van der Waals surface area contributed by atoms with Crippen molar-refractivity contribution in [3.63, 3.8) is 0 Å². The van der Waals surface area contributed by atoms with E-state index in [4.69, 9.17) is 0 Å². The Morgan fingerprint density at radius 3 is 1.63 bits per heavy atom. The summed E-state index contributed by atoms with van der Waals surface area (Å²) in [5.74, 6) is 0. The van der Waals surface area contributed by atoms with E-state index in [0.29, 0.717) is 0 Å². The minimum atomic E-state index is 0.0711. The molecule has 0 aliphatic heterocycles. The Morgan fingerprint density at radius 1 is 0.500 bits per heavy atom. The summed E-state index contributed by atoms with van der Waals surface area (Å²) in [5.41, 5.74) is 10.7. The molecule has 0 unspecified atom stereocenters. The van der Waals surface area contributed by atoms with Crippen LogP contribution < -0.4 is 0 Å². The number of rotatable bonds is 2. The number of benzene rings is 4. The Labute approximate surface area is 181 Å². The highest BCUT2D eigenvalue weighted by atomic mass is 14.4. The minimum absolute atomic E-state index is 0.0711. The van der Waals surface area contributed by atoms with Crippen LogP contribution in [-0.4, -0.2) is 0 Å². The van der Waals surface area contributed by atoms with Gasteiger partial charge in [-0.05, 0) is 50.6 Å². The zero-order chi connectivity index (χ0) is 21.1. The molecule has 0 radical (unpaired) electrons. The fourth-order valence-corrected chi connectivity index (χ4v) is 4.39. The van der Waals surface area contributed by atoms with Crippen LogP contribution in [0.3, 0.4) is 0 Å². The number of hydrogen-bond donors (Lipinski definition) is 0. The van der Waals surface area contributed by atoms with E-state index in [1.807, 2.05) is 0 Å². The predicted octanol–water partition coefficient (Wildman–Crippen LogP) is 8.74. The van der Waals surface area contributed by atoms with Crippen molar-refractivity contribution < 1.29 is 0 Å². The molecule has 1 aliphatic carbocycles. The summed E-state index contributed by atoms with van der Waals surface area (Å²) in [4.78, 5) is 0. The van der Waals surface area contributed by atoms with E-state index < -0.39 is 0 Å². The van der Waals surface area contributed by atoms with Crippen LogP contribution in [0.5, 0.6) is 0 Å². The van der Waals surface area contributed by atoms with E-state index in [1.165, 1.54) is 50.9 Å². The summed E-state index contributed by atoms with van der Waals surface area (Å²) >= 11 is 0. The molecule has 4 aromatic carbocycles. The molecule has 30 heavy (non-hydrogen) atoms. The first-order chi connectivity index (χ1) is 14.6. The largest absolute Gasteiger partial charge is 0.0656 e. The molecule has 0 aromatic heterocycles. The Balaban J connectivity index is 0.000000687. The van der Waals surface area contributed by atoms with Crippen LogP contribution in [0.25, 0.3) is 33.4 Å². The molecule has 4 aromatic rings. The third kappa shape index (κ3) is 3.59. The van der Waals surface area contributed by atoms with Crippen LogP contribution in [0.2, 0.25) is 0 Å². The van der Waals surface area contributed by atoms with Gasteiger partial charge in [-0.2, -0.15) is 0 Å². The standard InChI is InChI=1S/C27H22.C3H8/c1-27(2)25-11-7-6-10-23(25)24-18-22(16-17-26(24)27)21-14-12-20(13-15-21)19-8-4-3-5-9-19;1-3-2/h3-18H,1-2H3;3H2,1-2H3. The topological polar surface area (TPSA) is 0 Å². The SMILES string of the molecule is CC1(C)c2ccccc2-c2cc(-c3ccc(-c4ccccc4)cc3)ccc21.CCC. The van der Waals surface area contributed by atoms with Crippen LogP contribution in [0.4, 0.5) is 0 Å². The normalized spacial score (nSPS) is 13.1. The van der Waals surface area contributed by atoms with Crippen LogP contribution in [0, 0.1) is 0 Å². The van der Waals surface area contributed by atoms with E-state index in [0.717, 1.165) is 0 Å². The lowest BCUT2D eigenvalue weighted by atomic mass is 9.82. The molecule has 0 spiro atoms.